The highest BCUT2D eigenvalue weighted by atomic mass is 32.2. The van der Waals surface area contributed by atoms with Crippen LogP contribution in [0.1, 0.15) is 32.1 Å². The molecule has 26 heavy (non-hydrogen) atoms. The Kier molecular flexibility index (Phi) is 5.71. The molecule has 5 nitrogen and oxygen atoms in total. The highest BCUT2D eigenvalue weighted by Crippen LogP contribution is 2.35. The lowest BCUT2D eigenvalue weighted by molar-refractivity contribution is 0.354. The zero-order valence-electron chi connectivity index (χ0n) is 15.2. The molecule has 0 amide bonds. The lowest BCUT2D eigenvalue weighted by Crippen LogP contribution is -2.41. The van der Waals surface area contributed by atoms with Crippen molar-refractivity contribution in [1.82, 2.24) is 0 Å². The van der Waals surface area contributed by atoms with Gasteiger partial charge in [-0.2, -0.15) is 0 Å². The summed E-state index contributed by atoms with van der Waals surface area (Å²) < 4.78 is 39.2. The van der Waals surface area contributed by atoms with Crippen molar-refractivity contribution in [2.24, 2.45) is 0 Å². The number of anilines is 1. The number of sulfonamides is 1. The molecule has 0 unspecified atom stereocenters. The minimum absolute atomic E-state index is 0.0238. The molecule has 1 aliphatic carbocycles. The summed E-state index contributed by atoms with van der Waals surface area (Å²) >= 11 is 0. The lowest BCUT2D eigenvalue weighted by Gasteiger charge is -2.35. The molecule has 2 aromatic rings. The molecule has 0 heterocycles. The molecule has 6 heteroatoms. The van der Waals surface area contributed by atoms with Gasteiger partial charge in [0.05, 0.1) is 24.8 Å². The van der Waals surface area contributed by atoms with Crippen LogP contribution in [-0.2, 0) is 10.0 Å². The van der Waals surface area contributed by atoms with E-state index < -0.39 is 10.0 Å². The smallest absolute Gasteiger partial charge is 0.264 e. The van der Waals surface area contributed by atoms with Gasteiger partial charge in [-0.3, -0.25) is 4.31 Å². The zero-order valence-corrected chi connectivity index (χ0v) is 16.0. The van der Waals surface area contributed by atoms with Gasteiger partial charge in [0, 0.05) is 12.1 Å². The van der Waals surface area contributed by atoms with E-state index in [1.54, 1.807) is 16.4 Å². The summed E-state index contributed by atoms with van der Waals surface area (Å²) in [4.78, 5) is 0.213. The average Bonchev–Trinajstić information content (AvgIpc) is 2.69. The first kappa shape index (κ1) is 18.6. The van der Waals surface area contributed by atoms with Crippen LogP contribution >= 0.6 is 0 Å². The van der Waals surface area contributed by atoms with E-state index in [4.69, 9.17) is 9.47 Å². The third-order valence-corrected chi connectivity index (χ3v) is 6.71. The van der Waals surface area contributed by atoms with Crippen molar-refractivity contribution in [3.63, 3.8) is 0 Å². The highest BCUT2D eigenvalue weighted by molar-refractivity contribution is 7.92. The zero-order chi connectivity index (χ0) is 18.6. The maximum absolute atomic E-state index is 13.5. The van der Waals surface area contributed by atoms with Gasteiger partial charge in [0.15, 0.2) is 11.5 Å². The molecule has 140 valence electrons. The summed E-state index contributed by atoms with van der Waals surface area (Å²) in [6, 6.07) is 14.1. The summed E-state index contributed by atoms with van der Waals surface area (Å²) in [7, 11) is -0.677. The van der Waals surface area contributed by atoms with E-state index >= 15 is 0 Å². The average molecular weight is 375 g/mol. The number of para-hydroxylation sites is 1. The van der Waals surface area contributed by atoms with Crippen LogP contribution in [0.2, 0.25) is 0 Å². The van der Waals surface area contributed by atoms with Crippen molar-refractivity contribution >= 4 is 15.7 Å². The molecular formula is C20H25NO4S. The second-order valence-corrected chi connectivity index (χ2v) is 8.26. The van der Waals surface area contributed by atoms with Crippen LogP contribution in [0, 0.1) is 0 Å². The number of hydrogen-bond donors (Lipinski definition) is 0. The maximum atomic E-state index is 13.5. The Morgan fingerprint density at radius 3 is 2.15 bits per heavy atom. The molecule has 1 aliphatic rings. The Balaban J connectivity index is 2.07. The van der Waals surface area contributed by atoms with E-state index in [2.05, 4.69) is 0 Å². The van der Waals surface area contributed by atoms with Crippen molar-refractivity contribution in [2.75, 3.05) is 18.5 Å². The fraction of sp³-hybridized carbons (Fsp3) is 0.400. The molecule has 1 saturated carbocycles. The van der Waals surface area contributed by atoms with Crippen molar-refractivity contribution < 1.29 is 17.9 Å². The van der Waals surface area contributed by atoms with Crippen LogP contribution in [0.5, 0.6) is 11.5 Å². The van der Waals surface area contributed by atoms with Crippen LogP contribution in [0.25, 0.3) is 0 Å². The first-order chi connectivity index (χ1) is 12.6. The second-order valence-electron chi connectivity index (χ2n) is 6.45. The van der Waals surface area contributed by atoms with Crippen molar-refractivity contribution in [2.45, 2.75) is 43.0 Å². The number of rotatable bonds is 6. The molecule has 1 fully saturated rings. The van der Waals surface area contributed by atoms with Crippen molar-refractivity contribution in [3.05, 3.63) is 48.5 Å². The van der Waals surface area contributed by atoms with E-state index in [1.807, 2.05) is 30.3 Å². The number of nitrogens with zero attached hydrogens (tertiary/aromatic N) is 1. The van der Waals surface area contributed by atoms with Gasteiger partial charge in [-0.1, -0.05) is 37.5 Å². The molecule has 0 atom stereocenters. The Morgan fingerprint density at radius 1 is 0.885 bits per heavy atom. The van der Waals surface area contributed by atoms with Gasteiger partial charge in [0.1, 0.15) is 0 Å². The third kappa shape index (κ3) is 3.65. The number of benzene rings is 2. The summed E-state index contributed by atoms with van der Waals surface area (Å²) in [5.74, 6) is 0.917. The predicted molar refractivity (Wildman–Crippen MR) is 103 cm³/mol. The van der Waals surface area contributed by atoms with Gasteiger partial charge in [0.25, 0.3) is 10.0 Å². The minimum Gasteiger partial charge on any atom is -0.493 e. The van der Waals surface area contributed by atoms with E-state index in [1.165, 1.54) is 20.3 Å². The molecule has 0 aliphatic heterocycles. The van der Waals surface area contributed by atoms with Crippen LogP contribution in [0.3, 0.4) is 0 Å². The first-order valence-corrected chi connectivity index (χ1v) is 10.3. The fourth-order valence-corrected chi connectivity index (χ4v) is 5.25. The lowest BCUT2D eigenvalue weighted by atomic mass is 9.95. The van der Waals surface area contributed by atoms with Gasteiger partial charge in [0.2, 0.25) is 0 Å². The van der Waals surface area contributed by atoms with Gasteiger partial charge >= 0.3 is 0 Å². The van der Waals surface area contributed by atoms with Crippen LogP contribution < -0.4 is 13.8 Å². The van der Waals surface area contributed by atoms with E-state index in [-0.39, 0.29) is 10.9 Å². The Bertz CT molecular complexity index is 830. The SMILES string of the molecule is COc1ccc(S(=O)(=O)N(c2ccccc2)C2CCCCC2)cc1OC. The molecule has 0 radical (unpaired) electrons. The number of ether oxygens (including phenoxy) is 2. The Labute approximate surface area is 155 Å². The molecular weight excluding hydrogens is 350 g/mol. The van der Waals surface area contributed by atoms with Gasteiger partial charge in [-0.15, -0.1) is 0 Å². The highest BCUT2D eigenvalue weighted by Gasteiger charge is 2.33. The van der Waals surface area contributed by atoms with Crippen LogP contribution in [-0.4, -0.2) is 28.7 Å². The normalized spacial score (nSPS) is 15.5. The van der Waals surface area contributed by atoms with Crippen LogP contribution in [0.15, 0.2) is 53.4 Å². The summed E-state index contributed by atoms with van der Waals surface area (Å²) in [5.41, 5.74) is 0.703. The Morgan fingerprint density at radius 2 is 1.54 bits per heavy atom. The monoisotopic (exact) mass is 375 g/mol. The topological polar surface area (TPSA) is 55.8 Å². The predicted octanol–water partition coefficient (Wildman–Crippen LogP) is 4.23. The molecule has 3 rings (SSSR count). The van der Waals surface area contributed by atoms with Crippen LogP contribution in [0.4, 0.5) is 5.69 Å². The van der Waals surface area contributed by atoms with Gasteiger partial charge in [-0.25, -0.2) is 8.42 Å². The molecule has 0 N–H and O–H groups in total. The first-order valence-electron chi connectivity index (χ1n) is 8.89. The van der Waals surface area contributed by atoms with E-state index in [0.717, 1.165) is 32.1 Å². The molecule has 0 spiro atoms. The molecule has 0 aromatic heterocycles. The third-order valence-electron chi connectivity index (χ3n) is 4.83. The second kappa shape index (κ2) is 7.99. The quantitative estimate of drug-likeness (QED) is 0.758. The molecule has 0 bridgehead atoms. The van der Waals surface area contributed by atoms with E-state index in [0.29, 0.717) is 17.2 Å². The molecule has 2 aromatic carbocycles. The number of hydrogen-bond acceptors (Lipinski definition) is 4. The fourth-order valence-electron chi connectivity index (χ4n) is 3.53. The van der Waals surface area contributed by atoms with Crippen molar-refractivity contribution in [1.29, 1.82) is 0 Å². The summed E-state index contributed by atoms with van der Waals surface area (Å²) in [6.45, 7) is 0. The number of methoxy groups -OCH3 is 2. The van der Waals surface area contributed by atoms with Gasteiger partial charge in [-0.05, 0) is 37.1 Å². The largest absolute Gasteiger partial charge is 0.493 e. The van der Waals surface area contributed by atoms with Crippen molar-refractivity contribution in [3.8, 4) is 11.5 Å². The maximum Gasteiger partial charge on any atom is 0.264 e. The summed E-state index contributed by atoms with van der Waals surface area (Å²) in [5, 5.41) is 0. The standard InChI is InChI=1S/C20H25NO4S/c1-24-19-14-13-18(15-20(19)25-2)26(22,23)21(16-9-5-3-6-10-16)17-11-7-4-8-12-17/h3,5-6,9-10,13-15,17H,4,7-8,11-12H2,1-2H3. The van der Waals surface area contributed by atoms with Gasteiger partial charge < -0.3 is 9.47 Å². The Hall–Kier alpha value is -2.21. The molecule has 0 saturated heterocycles. The minimum atomic E-state index is -3.71. The van der Waals surface area contributed by atoms with E-state index in [9.17, 15) is 8.42 Å². The summed E-state index contributed by atoms with van der Waals surface area (Å²) in [6.07, 6.45) is 5.02.